The Balaban J connectivity index is 1.61. The highest BCUT2D eigenvalue weighted by Gasteiger charge is 2.68. The Morgan fingerprint density at radius 3 is 2.60 bits per heavy atom. The van der Waals surface area contributed by atoms with E-state index < -0.39 is 17.8 Å². The molecule has 0 radical (unpaired) electrons. The number of rotatable bonds is 2. The van der Waals surface area contributed by atoms with Crippen molar-refractivity contribution in [2.75, 3.05) is 5.01 Å². The number of alkyl halides is 3. The van der Waals surface area contributed by atoms with Gasteiger partial charge in [0, 0.05) is 16.5 Å². The Kier molecular flexibility index (Phi) is 4.27. The number of fused-ring (bicyclic) bond motifs is 3. The smallest absolute Gasteiger partial charge is 0.362 e. The molecular weight excluding hydrogens is 411 g/mol. The maximum absolute atomic E-state index is 14.2. The van der Waals surface area contributed by atoms with Crippen molar-refractivity contribution in [3.63, 3.8) is 0 Å². The summed E-state index contributed by atoms with van der Waals surface area (Å²) in [5.41, 5.74) is 1.17. The van der Waals surface area contributed by atoms with Crippen LogP contribution in [0.4, 0.5) is 18.3 Å². The fraction of sp³-hybridized carbons (Fsp3) is 0.273. The molecule has 0 saturated heterocycles. The number of hydrogen-bond donors (Lipinski definition) is 1. The first kappa shape index (κ1) is 19.3. The van der Waals surface area contributed by atoms with Crippen LogP contribution in [0, 0.1) is 12.8 Å². The Labute approximate surface area is 175 Å². The van der Waals surface area contributed by atoms with Gasteiger partial charge in [0.1, 0.15) is 0 Å². The van der Waals surface area contributed by atoms with Crippen molar-refractivity contribution in [3.8, 4) is 11.3 Å². The predicted molar refractivity (Wildman–Crippen MR) is 111 cm³/mol. The number of benzene rings is 2. The molecule has 1 aromatic heterocycles. The molecule has 0 bridgehead atoms. The summed E-state index contributed by atoms with van der Waals surface area (Å²) in [6, 6.07) is 14.9. The third-order valence-electron chi connectivity index (χ3n) is 5.78. The lowest BCUT2D eigenvalue weighted by Gasteiger charge is -2.38. The first-order chi connectivity index (χ1) is 14.3. The van der Waals surface area contributed by atoms with Crippen molar-refractivity contribution in [1.29, 1.82) is 0 Å². The molecule has 2 aromatic carbocycles. The molecule has 1 aliphatic heterocycles. The van der Waals surface area contributed by atoms with Crippen LogP contribution in [0.25, 0.3) is 11.3 Å². The number of aromatic nitrogens is 1. The van der Waals surface area contributed by atoms with E-state index in [4.69, 9.17) is 0 Å². The fourth-order valence-corrected chi connectivity index (χ4v) is 5.02. The van der Waals surface area contributed by atoms with Gasteiger partial charge in [-0.1, -0.05) is 54.1 Å². The van der Waals surface area contributed by atoms with Gasteiger partial charge in [-0.05, 0) is 25.3 Å². The van der Waals surface area contributed by atoms with Crippen molar-refractivity contribution in [3.05, 3.63) is 70.6 Å². The van der Waals surface area contributed by atoms with Crippen LogP contribution < -0.4 is 5.01 Å². The molecular formula is C22H18F3N3OS. The fourth-order valence-electron chi connectivity index (χ4n) is 4.18. The van der Waals surface area contributed by atoms with Crippen LogP contribution in [-0.2, 0) is 6.42 Å². The second-order valence-corrected chi connectivity index (χ2v) is 8.49. The molecule has 2 aliphatic rings. The minimum absolute atomic E-state index is 0.0183. The van der Waals surface area contributed by atoms with Gasteiger partial charge in [0.2, 0.25) is 5.13 Å². The standard InChI is InChI=1S/C22H18F3N3OS/c1-13-6-8-15(9-7-13)18-12-30-20(26-18)28-21(29,22(23,24)25)17-11-10-14-4-2-3-5-16(14)19(17)27-28/h2-9,12,17,29H,10-11H2,1H3/t17-,21+/m1/s1. The van der Waals surface area contributed by atoms with E-state index >= 15 is 0 Å². The normalized spacial score (nSPS) is 23.2. The second kappa shape index (κ2) is 6.65. The van der Waals surface area contributed by atoms with Gasteiger partial charge in [0.05, 0.1) is 17.3 Å². The highest BCUT2D eigenvalue weighted by atomic mass is 32.1. The van der Waals surface area contributed by atoms with Crippen LogP contribution in [0.2, 0.25) is 0 Å². The number of hydrazone groups is 1. The molecule has 154 valence electrons. The lowest BCUT2D eigenvalue weighted by Crippen LogP contribution is -2.60. The minimum atomic E-state index is -4.90. The maximum Gasteiger partial charge on any atom is 0.439 e. The topological polar surface area (TPSA) is 48.7 Å². The highest BCUT2D eigenvalue weighted by molar-refractivity contribution is 7.14. The van der Waals surface area contributed by atoms with Crippen LogP contribution in [0.1, 0.15) is 23.1 Å². The van der Waals surface area contributed by atoms with Crippen LogP contribution in [0.5, 0.6) is 0 Å². The average molecular weight is 429 g/mol. The number of aliphatic hydroxyl groups is 1. The van der Waals surface area contributed by atoms with Gasteiger partial charge in [-0.3, -0.25) is 0 Å². The SMILES string of the molecule is Cc1ccc(-c2csc(N3N=C4c5ccccc5CC[C@H]4[C@]3(O)C(F)(F)F)n2)cc1. The van der Waals surface area contributed by atoms with Gasteiger partial charge < -0.3 is 5.11 Å². The van der Waals surface area contributed by atoms with Gasteiger partial charge in [-0.15, -0.1) is 11.3 Å². The molecule has 2 heterocycles. The first-order valence-corrected chi connectivity index (χ1v) is 10.5. The average Bonchev–Trinajstić information content (AvgIpc) is 3.32. The van der Waals surface area contributed by atoms with E-state index in [2.05, 4.69) is 10.1 Å². The summed E-state index contributed by atoms with van der Waals surface area (Å²) in [5, 5.41) is 17.7. The summed E-state index contributed by atoms with van der Waals surface area (Å²) in [7, 11) is 0. The second-order valence-electron chi connectivity index (χ2n) is 7.65. The van der Waals surface area contributed by atoms with Gasteiger partial charge in [0.15, 0.2) is 0 Å². The van der Waals surface area contributed by atoms with Crippen molar-refractivity contribution < 1.29 is 18.3 Å². The zero-order chi connectivity index (χ0) is 21.1. The molecule has 0 spiro atoms. The Bertz CT molecular complexity index is 1140. The quantitative estimate of drug-likeness (QED) is 0.613. The lowest BCUT2D eigenvalue weighted by molar-refractivity contribution is -0.268. The highest BCUT2D eigenvalue weighted by Crippen LogP contribution is 2.51. The van der Waals surface area contributed by atoms with E-state index in [1.807, 2.05) is 43.3 Å². The van der Waals surface area contributed by atoms with Gasteiger partial charge in [0.25, 0.3) is 5.72 Å². The number of thiazole rings is 1. The molecule has 0 fully saturated rings. The molecule has 4 nitrogen and oxygen atoms in total. The number of aryl methyl sites for hydroxylation is 2. The van der Waals surface area contributed by atoms with Crippen molar-refractivity contribution in [2.45, 2.75) is 31.7 Å². The van der Waals surface area contributed by atoms with E-state index in [-0.39, 0.29) is 17.3 Å². The number of anilines is 1. The molecule has 1 N–H and O–H groups in total. The predicted octanol–water partition coefficient (Wildman–Crippen LogP) is 5.16. The Morgan fingerprint density at radius 2 is 1.87 bits per heavy atom. The minimum Gasteiger partial charge on any atom is -0.362 e. The third kappa shape index (κ3) is 2.78. The van der Waals surface area contributed by atoms with Crippen molar-refractivity contribution in [2.24, 2.45) is 11.0 Å². The Morgan fingerprint density at radius 1 is 1.13 bits per heavy atom. The molecule has 0 saturated carbocycles. The van der Waals surface area contributed by atoms with Gasteiger partial charge in [-0.2, -0.15) is 23.3 Å². The van der Waals surface area contributed by atoms with E-state index in [0.717, 1.165) is 28.0 Å². The molecule has 30 heavy (non-hydrogen) atoms. The maximum atomic E-state index is 14.2. The molecule has 5 rings (SSSR count). The van der Waals surface area contributed by atoms with Crippen molar-refractivity contribution in [1.82, 2.24) is 4.98 Å². The molecule has 0 amide bonds. The van der Waals surface area contributed by atoms with E-state index in [1.165, 1.54) is 0 Å². The summed E-state index contributed by atoms with van der Waals surface area (Å²) in [6.07, 6.45) is -4.28. The number of halogens is 3. The van der Waals surface area contributed by atoms with Crippen LogP contribution in [0.3, 0.4) is 0 Å². The van der Waals surface area contributed by atoms with Crippen LogP contribution in [0.15, 0.2) is 59.0 Å². The van der Waals surface area contributed by atoms with E-state index in [9.17, 15) is 18.3 Å². The van der Waals surface area contributed by atoms with E-state index in [0.29, 0.717) is 22.7 Å². The van der Waals surface area contributed by atoms with Crippen LogP contribution in [-0.4, -0.2) is 27.7 Å². The van der Waals surface area contributed by atoms with Crippen LogP contribution >= 0.6 is 11.3 Å². The zero-order valence-corrected chi connectivity index (χ0v) is 16.8. The molecule has 8 heteroatoms. The summed E-state index contributed by atoms with van der Waals surface area (Å²) in [4.78, 5) is 4.39. The number of nitrogens with zero attached hydrogens (tertiary/aromatic N) is 3. The molecule has 3 aromatic rings. The zero-order valence-electron chi connectivity index (χ0n) is 16.0. The lowest BCUT2D eigenvalue weighted by atomic mass is 9.77. The van der Waals surface area contributed by atoms with Crippen molar-refractivity contribution >= 4 is 22.2 Å². The van der Waals surface area contributed by atoms with Gasteiger partial charge in [-0.25, -0.2) is 4.98 Å². The van der Waals surface area contributed by atoms with E-state index in [1.54, 1.807) is 17.5 Å². The summed E-state index contributed by atoms with van der Waals surface area (Å²) < 4.78 is 42.6. The number of hydrogen-bond acceptors (Lipinski definition) is 5. The monoisotopic (exact) mass is 429 g/mol. The largest absolute Gasteiger partial charge is 0.439 e. The molecule has 0 unspecified atom stereocenters. The Hall–Kier alpha value is -2.71. The van der Waals surface area contributed by atoms with Gasteiger partial charge >= 0.3 is 6.18 Å². The first-order valence-electron chi connectivity index (χ1n) is 9.57. The summed E-state index contributed by atoms with van der Waals surface area (Å²) in [5.74, 6) is -1.17. The summed E-state index contributed by atoms with van der Waals surface area (Å²) in [6.45, 7) is 1.96. The molecule has 1 aliphatic carbocycles. The summed E-state index contributed by atoms with van der Waals surface area (Å²) >= 11 is 1.04. The molecule has 2 atom stereocenters. The third-order valence-corrected chi connectivity index (χ3v) is 6.60.